The summed E-state index contributed by atoms with van der Waals surface area (Å²) in [6.07, 6.45) is 0. The summed E-state index contributed by atoms with van der Waals surface area (Å²) in [7, 11) is 0. The maximum absolute atomic E-state index is 9.38. The quantitative estimate of drug-likeness (QED) is 0.420. The first-order valence-electron chi connectivity index (χ1n) is 2.03. The van der Waals surface area contributed by atoms with Crippen molar-refractivity contribution in [1.29, 1.82) is 0 Å². The van der Waals surface area contributed by atoms with E-state index in [4.69, 9.17) is 15.9 Å². The topological polar surface area (TPSA) is 198 Å². The first kappa shape index (κ1) is 27.2. The van der Waals surface area contributed by atoms with Crippen LogP contribution in [0.4, 0.5) is 0 Å². The van der Waals surface area contributed by atoms with Gasteiger partial charge in [-0.1, -0.05) is 0 Å². The molecule has 0 aliphatic heterocycles. The summed E-state index contributed by atoms with van der Waals surface area (Å²) in [5, 5.41) is 0. The van der Waals surface area contributed by atoms with Crippen molar-refractivity contribution in [2.24, 2.45) is 0 Å². The van der Waals surface area contributed by atoms with Crippen LogP contribution in [0.5, 0.6) is 0 Å². The zero-order valence-electron chi connectivity index (χ0n) is 7.79. The van der Waals surface area contributed by atoms with E-state index in [0.717, 1.165) is 0 Å². The van der Waals surface area contributed by atoms with E-state index in [1.165, 1.54) is 0 Å². The Balaban J connectivity index is -0.0000000904. The number of rotatable bonds is 2. The Labute approximate surface area is 160 Å². The molecule has 0 radical (unpaired) electrons. The zero-order valence-corrected chi connectivity index (χ0v) is 16.7. The van der Waals surface area contributed by atoms with Gasteiger partial charge in [0.05, 0.1) is 0 Å². The third kappa shape index (κ3) is 54.1. The maximum atomic E-state index is 9.38. The van der Waals surface area contributed by atoms with Crippen molar-refractivity contribution in [2.45, 2.75) is 0 Å². The fourth-order valence-corrected chi connectivity index (χ4v) is 1.74. The summed E-state index contributed by atoms with van der Waals surface area (Å²) in [5.41, 5.74) is 0. The van der Waals surface area contributed by atoms with Gasteiger partial charge >= 0.3 is 164 Å². The summed E-state index contributed by atoms with van der Waals surface area (Å²) in [4.78, 5) is 0. The normalized spacial score (nSPS) is 11.2. The van der Waals surface area contributed by atoms with Gasteiger partial charge in [-0.25, -0.2) is 0 Å². The fourth-order valence-electron chi connectivity index (χ4n) is 0.102. The Morgan fingerprint density at radius 2 is 0.938 bits per heavy atom. The molecule has 11 nitrogen and oxygen atoms in total. The van der Waals surface area contributed by atoms with Crippen LogP contribution in [0.3, 0.4) is 0 Å². The van der Waals surface area contributed by atoms with Crippen molar-refractivity contribution in [3.63, 3.8) is 0 Å². The second-order valence-electron chi connectivity index (χ2n) is 1.33. The average Bonchev–Trinajstić information content (AvgIpc) is 1.42. The molecular formula is H2Cr3KNaO11. The SMILES string of the molecule is [K+].[Na+].[O]=[Cr](=[O])([O-])[O][Cr](=[O])(=[O])[O-].[O]=[Cr](=[O])([OH])[OH]. The second kappa shape index (κ2) is 10.6. The molecule has 0 heterocycles. The number of hydrogen-bond donors (Lipinski definition) is 2. The van der Waals surface area contributed by atoms with Crippen LogP contribution >= 0.6 is 0 Å². The van der Waals surface area contributed by atoms with E-state index >= 15 is 0 Å². The van der Waals surface area contributed by atoms with Crippen molar-refractivity contribution in [3.05, 3.63) is 0 Å². The molecule has 16 heteroatoms. The fraction of sp³-hybridized carbons (Fsp3) is 0. The molecule has 0 aromatic rings. The van der Waals surface area contributed by atoms with Crippen molar-refractivity contribution < 1.29 is 164 Å². The molecule has 0 fully saturated rings. The molecule has 16 heavy (non-hydrogen) atoms. The van der Waals surface area contributed by atoms with Gasteiger partial charge in [-0.2, -0.15) is 0 Å². The third-order valence-electron chi connectivity index (χ3n) is 0.167. The Morgan fingerprint density at radius 1 is 0.812 bits per heavy atom. The minimum atomic E-state index is -6.07. The van der Waals surface area contributed by atoms with Gasteiger partial charge < -0.3 is 0 Å². The zero-order chi connectivity index (χ0) is 12.2. The third-order valence-corrected chi connectivity index (χ3v) is 2.83. The van der Waals surface area contributed by atoms with Crippen LogP contribution in [0.25, 0.3) is 0 Å². The summed E-state index contributed by atoms with van der Waals surface area (Å²) in [6, 6.07) is 0. The molecule has 0 aliphatic carbocycles. The Kier molecular flexibility index (Phi) is 18.0. The van der Waals surface area contributed by atoms with Gasteiger partial charge in [0, 0.05) is 0 Å². The molecule has 0 aromatic carbocycles. The summed E-state index contributed by atoms with van der Waals surface area (Å²) in [5.74, 6) is 0. The Morgan fingerprint density at radius 3 is 0.938 bits per heavy atom. The van der Waals surface area contributed by atoms with Crippen LogP contribution in [0.15, 0.2) is 0 Å². The summed E-state index contributed by atoms with van der Waals surface area (Å²) < 4.78 is 90.8. The van der Waals surface area contributed by atoms with Gasteiger partial charge in [0.15, 0.2) is 0 Å². The Bertz CT molecular complexity index is 413. The van der Waals surface area contributed by atoms with Crippen LogP contribution in [-0.2, 0) is 66.5 Å². The molecule has 2 N–H and O–H groups in total. The molecule has 0 aliphatic rings. The molecule has 0 spiro atoms. The van der Waals surface area contributed by atoms with Gasteiger partial charge in [-0.3, -0.25) is 0 Å². The summed E-state index contributed by atoms with van der Waals surface area (Å²) >= 11 is -17.4. The van der Waals surface area contributed by atoms with E-state index in [-0.39, 0.29) is 80.9 Å². The predicted octanol–water partition coefficient (Wildman–Crippen LogP) is -10.3. The van der Waals surface area contributed by atoms with Crippen LogP contribution in [-0.4, -0.2) is 8.32 Å². The standard InChI is InChI=1S/3Cr.K.Na.2H2O.9O/h;;;;;2*1H2;;;;;;;;;/q;;+2;2*+1;;;;;;;;;;2*-1/p-2. The predicted molar refractivity (Wildman–Crippen MR) is 9.64 cm³/mol. The van der Waals surface area contributed by atoms with Crippen LogP contribution in [0.1, 0.15) is 0 Å². The first-order valence-corrected chi connectivity index (χ1v) is 8.38. The van der Waals surface area contributed by atoms with Gasteiger partial charge in [-0.05, 0) is 0 Å². The van der Waals surface area contributed by atoms with E-state index in [0.29, 0.717) is 0 Å². The molecular weight excluding hydrogens is 394 g/mol. The molecule has 0 rings (SSSR count). The molecule has 0 aromatic heterocycles. The molecule has 0 amide bonds. The average molecular weight is 396 g/mol. The van der Waals surface area contributed by atoms with Crippen molar-refractivity contribution in [3.8, 4) is 0 Å². The van der Waals surface area contributed by atoms with Crippen molar-refractivity contribution in [2.75, 3.05) is 0 Å². The monoisotopic (exact) mass is 396 g/mol. The second-order valence-corrected chi connectivity index (χ2v) is 6.37. The van der Waals surface area contributed by atoms with Gasteiger partial charge in [0.1, 0.15) is 0 Å². The van der Waals surface area contributed by atoms with E-state index in [1.807, 2.05) is 0 Å². The van der Waals surface area contributed by atoms with Crippen LogP contribution in [0.2, 0.25) is 0 Å². The van der Waals surface area contributed by atoms with Gasteiger partial charge in [0.2, 0.25) is 0 Å². The van der Waals surface area contributed by atoms with Crippen molar-refractivity contribution in [1.82, 2.24) is 0 Å². The van der Waals surface area contributed by atoms with Crippen LogP contribution in [0, 0.1) is 0 Å². The molecule has 0 bridgehead atoms. The van der Waals surface area contributed by atoms with Crippen LogP contribution < -0.4 is 89.3 Å². The van der Waals surface area contributed by atoms with Crippen molar-refractivity contribution >= 4 is 0 Å². The number of hydrogen-bond acceptors (Lipinski definition) is 9. The van der Waals surface area contributed by atoms with E-state index in [2.05, 4.69) is 2.84 Å². The first-order chi connectivity index (χ1) is 5.71. The summed E-state index contributed by atoms with van der Waals surface area (Å²) in [6.45, 7) is 0. The van der Waals surface area contributed by atoms with Gasteiger partial charge in [-0.15, -0.1) is 0 Å². The molecule has 0 saturated heterocycles. The van der Waals surface area contributed by atoms with E-state index in [9.17, 15) is 23.5 Å². The minimum absolute atomic E-state index is 0. The molecule has 0 unspecified atom stereocenters. The van der Waals surface area contributed by atoms with Gasteiger partial charge in [0.25, 0.3) is 0 Å². The molecule has 0 saturated carbocycles. The Hall–Kier alpha value is 2.83. The molecule has 88 valence electrons. The van der Waals surface area contributed by atoms with E-state index < -0.39 is 40.8 Å². The molecule has 0 atom stereocenters. The van der Waals surface area contributed by atoms with E-state index in [1.54, 1.807) is 0 Å².